The van der Waals surface area contributed by atoms with Crippen LogP contribution in [0, 0.1) is 12.7 Å². The fraction of sp³-hybridized carbons (Fsp3) is 0.148. The van der Waals surface area contributed by atoms with Crippen LogP contribution in [-0.4, -0.2) is 35.0 Å². The van der Waals surface area contributed by atoms with E-state index in [1.807, 2.05) is 0 Å². The van der Waals surface area contributed by atoms with Crippen LogP contribution in [0.5, 0.6) is 5.75 Å². The summed E-state index contributed by atoms with van der Waals surface area (Å²) in [5.74, 6) is -3.15. The largest absolute Gasteiger partial charge is 0.507 e. The van der Waals surface area contributed by atoms with Gasteiger partial charge in [-0.25, -0.2) is 4.39 Å². The third-order valence-corrected chi connectivity index (χ3v) is 5.86. The molecule has 35 heavy (non-hydrogen) atoms. The molecule has 0 aliphatic carbocycles. The molecule has 1 aliphatic rings. The summed E-state index contributed by atoms with van der Waals surface area (Å²) >= 11 is 0. The Bertz CT molecular complexity index is 1360. The molecule has 1 fully saturated rings. The zero-order valence-corrected chi connectivity index (χ0v) is 19.0. The monoisotopic (exact) mass is 475 g/mol. The molecule has 0 aromatic heterocycles. The lowest BCUT2D eigenvalue weighted by molar-refractivity contribution is -0.136. The van der Waals surface area contributed by atoms with Crippen molar-refractivity contribution in [3.8, 4) is 5.75 Å². The highest BCUT2D eigenvalue weighted by Gasteiger charge is 2.47. The predicted molar refractivity (Wildman–Crippen MR) is 127 cm³/mol. The molecule has 1 heterocycles. The first-order chi connectivity index (χ1) is 16.7. The van der Waals surface area contributed by atoms with Gasteiger partial charge in [-0.2, -0.15) is 0 Å². The van der Waals surface area contributed by atoms with Crippen LogP contribution < -0.4 is 9.64 Å². The molecular weight excluding hydrogens is 453 g/mol. The van der Waals surface area contributed by atoms with Crippen molar-refractivity contribution >= 4 is 29.1 Å². The minimum absolute atomic E-state index is 0.149. The van der Waals surface area contributed by atoms with Crippen molar-refractivity contribution in [1.82, 2.24) is 0 Å². The standard InChI is InChI=1S/C27H22FNO6/c1-15-12-18(8-11-21(15)28)25(32)23-24(17-4-3-5-20(14-17)35-2)29(27(34)26(23)33)19-9-6-16(7-10-19)13-22(30)31/h3-12,14,24,32H,13H2,1-2H3,(H,30,31)/b25-23-. The summed E-state index contributed by atoms with van der Waals surface area (Å²) in [4.78, 5) is 38.7. The van der Waals surface area contributed by atoms with Gasteiger partial charge in [0.25, 0.3) is 11.7 Å². The number of ketones is 1. The number of carboxylic acids is 1. The number of hydrogen-bond acceptors (Lipinski definition) is 5. The molecule has 0 radical (unpaired) electrons. The first-order valence-corrected chi connectivity index (χ1v) is 10.7. The maximum absolute atomic E-state index is 13.8. The molecule has 1 aliphatic heterocycles. The lowest BCUT2D eigenvalue weighted by Gasteiger charge is -2.26. The number of rotatable bonds is 6. The van der Waals surface area contributed by atoms with Gasteiger partial charge in [0.05, 0.1) is 25.1 Å². The molecule has 178 valence electrons. The van der Waals surface area contributed by atoms with Crippen LogP contribution in [0.3, 0.4) is 0 Å². The Hall–Kier alpha value is -4.46. The molecule has 0 saturated carbocycles. The molecule has 3 aromatic rings. The topological polar surface area (TPSA) is 104 Å². The molecule has 3 aromatic carbocycles. The van der Waals surface area contributed by atoms with Crippen molar-refractivity contribution in [1.29, 1.82) is 0 Å². The number of benzene rings is 3. The van der Waals surface area contributed by atoms with Gasteiger partial charge in [-0.15, -0.1) is 0 Å². The minimum atomic E-state index is -0.999. The highest BCUT2D eigenvalue weighted by atomic mass is 19.1. The Labute approximate surface area is 200 Å². The highest BCUT2D eigenvalue weighted by molar-refractivity contribution is 6.51. The van der Waals surface area contributed by atoms with Crippen LogP contribution in [0.2, 0.25) is 0 Å². The average molecular weight is 475 g/mol. The maximum Gasteiger partial charge on any atom is 0.307 e. The number of carbonyl (C=O) groups excluding carboxylic acids is 2. The van der Waals surface area contributed by atoms with E-state index >= 15 is 0 Å². The Kier molecular flexibility index (Phi) is 6.38. The lowest BCUT2D eigenvalue weighted by Crippen LogP contribution is -2.29. The predicted octanol–water partition coefficient (Wildman–Crippen LogP) is 4.40. The number of amides is 1. The van der Waals surface area contributed by atoms with Crippen molar-refractivity contribution in [2.24, 2.45) is 0 Å². The smallest absolute Gasteiger partial charge is 0.307 e. The molecule has 8 heteroatoms. The van der Waals surface area contributed by atoms with E-state index in [2.05, 4.69) is 0 Å². The van der Waals surface area contributed by atoms with Gasteiger partial charge in [0.2, 0.25) is 0 Å². The maximum atomic E-state index is 13.8. The van der Waals surface area contributed by atoms with E-state index < -0.39 is 35.3 Å². The summed E-state index contributed by atoms with van der Waals surface area (Å²) in [6.45, 7) is 1.53. The van der Waals surface area contributed by atoms with E-state index in [1.54, 1.807) is 48.5 Å². The Morgan fingerprint density at radius 3 is 2.37 bits per heavy atom. The number of ether oxygens (including phenoxy) is 1. The second kappa shape index (κ2) is 9.42. The minimum Gasteiger partial charge on any atom is -0.507 e. The first-order valence-electron chi connectivity index (χ1n) is 10.7. The van der Waals surface area contributed by atoms with Gasteiger partial charge in [-0.05, 0) is 66.1 Å². The summed E-state index contributed by atoms with van der Waals surface area (Å²) < 4.78 is 19.1. The number of methoxy groups -OCH3 is 1. The van der Waals surface area contributed by atoms with Gasteiger partial charge in [-0.1, -0.05) is 24.3 Å². The molecule has 0 spiro atoms. The summed E-state index contributed by atoms with van der Waals surface area (Å²) in [7, 11) is 1.48. The molecule has 1 saturated heterocycles. The Morgan fingerprint density at radius 2 is 1.74 bits per heavy atom. The number of aliphatic hydroxyl groups is 1. The number of anilines is 1. The number of aliphatic hydroxyl groups excluding tert-OH is 1. The van der Waals surface area contributed by atoms with E-state index in [4.69, 9.17) is 9.84 Å². The van der Waals surface area contributed by atoms with E-state index in [0.717, 1.165) is 0 Å². The van der Waals surface area contributed by atoms with Crippen molar-refractivity contribution < 1.29 is 33.7 Å². The van der Waals surface area contributed by atoms with Crippen LogP contribution >= 0.6 is 0 Å². The number of halogens is 1. The quantitative estimate of drug-likeness (QED) is 0.311. The van der Waals surface area contributed by atoms with Crippen molar-refractivity contribution in [2.45, 2.75) is 19.4 Å². The number of carboxylic acid groups (broad SMARTS) is 1. The Morgan fingerprint density at radius 1 is 1.03 bits per heavy atom. The Balaban J connectivity index is 1.90. The fourth-order valence-electron chi connectivity index (χ4n) is 4.12. The van der Waals surface area contributed by atoms with Crippen LogP contribution in [0.25, 0.3) is 5.76 Å². The summed E-state index contributed by atoms with van der Waals surface area (Å²) in [6, 6.07) is 15.9. The van der Waals surface area contributed by atoms with E-state index in [0.29, 0.717) is 22.6 Å². The normalized spacial score (nSPS) is 17.0. The first kappa shape index (κ1) is 23.7. The van der Waals surface area contributed by atoms with Crippen molar-refractivity contribution in [3.63, 3.8) is 0 Å². The van der Waals surface area contributed by atoms with Crippen LogP contribution in [0.15, 0.2) is 72.3 Å². The molecule has 1 atom stereocenters. The number of Topliss-reactive ketones (excluding diaryl/α,β-unsaturated/α-hetero) is 1. The van der Waals surface area contributed by atoms with Gasteiger partial charge in [0.15, 0.2) is 0 Å². The SMILES string of the molecule is COc1cccc(C2/C(=C(/O)c3ccc(F)c(C)c3)C(=O)C(=O)N2c2ccc(CC(=O)O)cc2)c1. The molecular formula is C27H22FNO6. The van der Waals surface area contributed by atoms with E-state index in [1.165, 1.54) is 37.1 Å². The van der Waals surface area contributed by atoms with Gasteiger partial charge in [-0.3, -0.25) is 19.3 Å². The summed E-state index contributed by atoms with van der Waals surface area (Å²) in [5, 5.41) is 20.2. The third-order valence-electron chi connectivity index (χ3n) is 5.86. The number of hydrogen-bond donors (Lipinski definition) is 2. The summed E-state index contributed by atoms with van der Waals surface area (Å²) in [5.41, 5.74) is 1.71. The number of nitrogens with zero attached hydrogens (tertiary/aromatic N) is 1. The van der Waals surface area contributed by atoms with E-state index in [-0.39, 0.29) is 23.1 Å². The van der Waals surface area contributed by atoms with Crippen LogP contribution in [0.1, 0.15) is 28.3 Å². The number of carbonyl (C=O) groups is 3. The highest BCUT2D eigenvalue weighted by Crippen LogP contribution is 2.43. The molecule has 2 N–H and O–H groups in total. The zero-order valence-electron chi connectivity index (χ0n) is 19.0. The van der Waals surface area contributed by atoms with Gasteiger partial charge >= 0.3 is 5.97 Å². The third kappa shape index (κ3) is 4.50. The molecule has 1 unspecified atom stereocenters. The number of aliphatic carboxylic acids is 1. The summed E-state index contributed by atoms with van der Waals surface area (Å²) in [6.07, 6.45) is -0.192. The zero-order chi connectivity index (χ0) is 25.3. The lowest BCUT2D eigenvalue weighted by atomic mass is 9.94. The second-order valence-electron chi connectivity index (χ2n) is 8.15. The molecule has 7 nitrogen and oxygen atoms in total. The van der Waals surface area contributed by atoms with Crippen molar-refractivity contribution in [3.05, 3.63) is 100 Å². The van der Waals surface area contributed by atoms with Crippen LogP contribution in [0.4, 0.5) is 10.1 Å². The number of aryl methyl sites for hydroxylation is 1. The molecule has 0 bridgehead atoms. The second-order valence-corrected chi connectivity index (χ2v) is 8.15. The van der Waals surface area contributed by atoms with Crippen molar-refractivity contribution in [2.75, 3.05) is 12.0 Å². The fourth-order valence-corrected chi connectivity index (χ4v) is 4.12. The molecule has 1 amide bonds. The van der Waals surface area contributed by atoms with Gasteiger partial charge in [0.1, 0.15) is 17.3 Å². The van der Waals surface area contributed by atoms with Crippen LogP contribution in [-0.2, 0) is 20.8 Å². The van der Waals surface area contributed by atoms with Gasteiger partial charge in [0, 0.05) is 11.3 Å². The van der Waals surface area contributed by atoms with E-state index in [9.17, 15) is 23.9 Å². The molecule has 4 rings (SSSR count). The average Bonchev–Trinajstić information content (AvgIpc) is 3.11. The van der Waals surface area contributed by atoms with Gasteiger partial charge < -0.3 is 14.9 Å².